The van der Waals surface area contributed by atoms with E-state index >= 15 is 0 Å². The Kier molecular flexibility index (Phi) is 4.15. The van der Waals surface area contributed by atoms with Crippen LogP contribution < -0.4 is 10.9 Å². The number of rotatable bonds is 3. The maximum atomic E-state index is 11.8. The van der Waals surface area contributed by atoms with Gasteiger partial charge < -0.3 is 4.74 Å². The van der Waals surface area contributed by atoms with Gasteiger partial charge in [0.25, 0.3) is 0 Å². The molecule has 17 heavy (non-hydrogen) atoms. The Morgan fingerprint density at radius 3 is 2.82 bits per heavy atom. The van der Waals surface area contributed by atoms with Crippen molar-refractivity contribution in [1.29, 1.82) is 0 Å². The number of hydrogen-bond donors (Lipinski definition) is 2. The number of nitrogens with one attached hydrogen (secondary N) is 2. The number of halogens is 1. The average molecular weight is 299 g/mol. The third-order valence-electron chi connectivity index (χ3n) is 2.80. The van der Waals surface area contributed by atoms with Gasteiger partial charge in [0.15, 0.2) is 0 Å². The molecule has 2 N–H and O–H groups in total. The lowest BCUT2D eigenvalue weighted by Gasteiger charge is -2.17. The summed E-state index contributed by atoms with van der Waals surface area (Å²) >= 11 is 3.40. The van der Waals surface area contributed by atoms with Crippen LogP contribution in [0.4, 0.5) is 0 Å². The van der Waals surface area contributed by atoms with Crippen molar-refractivity contribution in [2.75, 3.05) is 13.2 Å². The molecule has 0 spiro atoms. The van der Waals surface area contributed by atoms with Crippen LogP contribution in [0.3, 0.4) is 0 Å². The standard InChI is InChI=1S/C12H15BrN2O2/c1-2-17-12(16)10-7-14-15-11(10)8-3-5-9(13)6-4-8/h3-6,10-11,14-15H,2,7H2,1H3. The van der Waals surface area contributed by atoms with Crippen molar-refractivity contribution >= 4 is 21.9 Å². The Hall–Kier alpha value is -0.910. The zero-order valence-corrected chi connectivity index (χ0v) is 11.2. The van der Waals surface area contributed by atoms with E-state index in [0.717, 1.165) is 10.0 Å². The first-order chi connectivity index (χ1) is 8.22. The maximum absolute atomic E-state index is 11.8. The number of ether oxygens (including phenoxy) is 1. The summed E-state index contributed by atoms with van der Waals surface area (Å²) in [5.74, 6) is -0.325. The number of carbonyl (C=O) groups is 1. The van der Waals surface area contributed by atoms with Crippen LogP contribution in [-0.2, 0) is 9.53 Å². The molecule has 0 saturated carbocycles. The zero-order chi connectivity index (χ0) is 12.3. The number of benzene rings is 1. The second kappa shape index (κ2) is 5.62. The van der Waals surface area contributed by atoms with Crippen LogP contribution in [0.1, 0.15) is 18.5 Å². The van der Waals surface area contributed by atoms with Crippen LogP contribution in [0, 0.1) is 5.92 Å². The molecule has 0 aliphatic carbocycles. The van der Waals surface area contributed by atoms with E-state index in [4.69, 9.17) is 4.74 Å². The Labute approximate surface area is 109 Å². The van der Waals surface area contributed by atoms with Gasteiger partial charge in [-0.3, -0.25) is 10.2 Å². The van der Waals surface area contributed by atoms with Gasteiger partial charge in [0.2, 0.25) is 0 Å². The highest BCUT2D eigenvalue weighted by Crippen LogP contribution is 2.26. The van der Waals surface area contributed by atoms with E-state index in [1.165, 1.54) is 0 Å². The topological polar surface area (TPSA) is 50.4 Å². The highest BCUT2D eigenvalue weighted by molar-refractivity contribution is 9.10. The van der Waals surface area contributed by atoms with Crippen LogP contribution in [0.25, 0.3) is 0 Å². The largest absolute Gasteiger partial charge is 0.466 e. The van der Waals surface area contributed by atoms with Gasteiger partial charge in [-0.15, -0.1) is 0 Å². The minimum absolute atomic E-state index is 0.0258. The molecule has 0 amide bonds. The van der Waals surface area contributed by atoms with Crippen LogP contribution in [-0.4, -0.2) is 19.1 Å². The summed E-state index contributed by atoms with van der Waals surface area (Å²) in [5.41, 5.74) is 7.21. The number of esters is 1. The number of hydrogen-bond acceptors (Lipinski definition) is 4. The smallest absolute Gasteiger partial charge is 0.312 e. The third kappa shape index (κ3) is 2.86. The fourth-order valence-corrected chi connectivity index (χ4v) is 2.22. The first-order valence-corrected chi connectivity index (χ1v) is 6.42. The molecule has 1 saturated heterocycles. The van der Waals surface area contributed by atoms with Gasteiger partial charge in [-0.25, -0.2) is 5.43 Å². The lowest BCUT2D eigenvalue weighted by molar-refractivity contribution is -0.147. The van der Waals surface area contributed by atoms with Gasteiger partial charge in [0.05, 0.1) is 18.6 Å². The third-order valence-corrected chi connectivity index (χ3v) is 3.33. The Morgan fingerprint density at radius 2 is 2.18 bits per heavy atom. The summed E-state index contributed by atoms with van der Waals surface area (Å²) < 4.78 is 6.10. The highest BCUT2D eigenvalue weighted by Gasteiger charge is 2.34. The Bertz CT molecular complexity index is 394. The highest BCUT2D eigenvalue weighted by atomic mass is 79.9. The molecule has 1 aliphatic heterocycles. The fraction of sp³-hybridized carbons (Fsp3) is 0.417. The van der Waals surface area contributed by atoms with E-state index in [1.807, 2.05) is 31.2 Å². The first-order valence-electron chi connectivity index (χ1n) is 5.63. The van der Waals surface area contributed by atoms with Crippen LogP contribution in [0.5, 0.6) is 0 Å². The van der Waals surface area contributed by atoms with E-state index in [-0.39, 0.29) is 17.9 Å². The summed E-state index contributed by atoms with van der Waals surface area (Å²) in [6.07, 6.45) is 0. The first kappa shape index (κ1) is 12.5. The summed E-state index contributed by atoms with van der Waals surface area (Å²) in [4.78, 5) is 11.8. The molecule has 1 aliphatic rings. The normalized spacial score (nSPS) is 23.6. The van der Waals surface area contributed by atoms with Gasteiger partial charge in [0, 0.05) is 11.0 Å². The van der Waals surface area contributed by atoms with E-state index in [0.29, 0.717) is 13.2 Å². The van der Waals surface area contributed by atoms with Crippen molar-refractivity contribution in [2.24, 2.45) is 5.92 Å². The lowest BCUT2D eigenvalue weighted by atomic mass is 9.95. The molecular formula is C12H15BrN2O2. The molecule has 2 unspecified atom stereocenters. The van der Waals surface area contributed by atoms with E-state index < -0.39 is 0 Å². The minimum atomic E-state index is -0.170. The predicted octanol–water partition coefficient (Wildman–Crippen LogP) is 1.78. The lowest BCUT2D eigenvalue weighted by Crippen LogP contribution is -2.27. The van der Waals surface area contributed by atoms with Crippen molar-refractivity contribution in [3.05, 3.63) is 34.3 Å². The van der Waals surface area contributed by atoms with Crippen molar-refractivity contribution in [3.8, 4) is 0 Å². The van der Waals surface area contributed by atoms with Crippen LogP contribution in [0.2, 0.25) is 0 Å². The fourth-order valence-electron chi connectivity index (χ4n) is 1.95. The second-order valence-electron chi connectivity index (χ2n) is 3.91. The van der Waals surface area contributed by atoms with Gasteiger partial charge in [0.1, 0.15) is 0 Å². The zero-order valence-electron chi connectivity index (χ0n) is 9.57. The summed E-state index contributed by atoms with van der Waals surface area (Å²) in [6.45, 7) is 2.84. The molecule has 5 heteroatoms. The van der Waals surface area contributed by atoms with E-state index in [2.05, 4.69) is 26.8 Å². The maximum Gasteiger partial charge on any atom is 0.312 e. The monoisotopic (exact) mass is 298 g/mol. The Balaban J connectivity index is 2.14. The molecule has 1 aromatic carbocycles. The molecule has 1 heterocycles. The summed E-state index contributed by atoms with van der Waals surface area (Å²) in [6, 6.07) is 7.92. The van der Waals surface area contributed by atoms with Gasteiger partial charge >= 0.3 is 5.97 Å². The molecule has 1 fully saturated rings. The van der Waals surface area contributed by atoms with Gasteiger partial charge in [-0.2, -0.15) is 0 Å². The number of carbonyl (C=O) groups excluding carboxylic acids is 1. The minimum Gasteiger partial charge on any atom is -0.466 e. The van der Waals surface area contributed by atoms with Gasteiger partial charge in [-0.1, -0.05) is 28.1 Å². The van der Waals surface area contributed by atoms with Crippen LogP contribution in [0.15, 0.2) is 28.7 Å². The summed E-state index contributed by atoms with van der Waals surface area (Å²) in [7, 11) is 0. The van der Waals surface area contributed by atoms with Crippen molar-refractivity contribution < 1.29 is 9.53 Å². The molecule has 92 valence electrons. The van der Waals surface area contributed by atoms with E-state index in [9.17, 15) is 4.79 Å². The molecule has 2 rings (SSSR count). The van der Waals surface area contributed by atoms with Crippen LogP contribution >= 0.6 is 15.9 Å². The molecule has 0 bridgehead atoms. The molecule has 0 radical (unpaired) electrons. The van der Waals surface area contributed by atoms with E-state index in [1.54, 1.807) is 0 Å². The molecule has 4 nitrogen and oxygen atoms in total. The Morgan fingerprint density at radius 1 is 1.47 bits per heavy atom. The van der Waals surface area contributed by atoms with Crippen molar-refractivity contribution in [3.63, 3.8) is 0 Å². The number of hydrazine groups is 1. The van der Waals surface area contributed by atoms with Crippen molar-refractivity contribution in [2.45, 2.75) is 13.0 Å². The van der Waals surface area contributed by atoms with Crippen molar-refractivity contribution in [1.82, 2.24) is 10.9 Å². The molecular weight excluding hydrogens is 284 g/mol. The SMILES string of the molecule is CCOC(=O)C1CNNC1c1ccc(Br)cc1. The molecule has 0 aromatic heterocycles. The second-order valence-corrected chi connectivity index (χ2v) is 4.83. The average Bonchev–Trinajstić information content (AvgIpc) is 2.79. The quantitative estimate of drug-likeness (QED) is 0.835. The van der Waals surface area contributed by atoms with Gasteiger partial charge in [-0.05, 0) is 24.6 Å². The predicted molar refractivity (Wildman–Crippen MR) is 68.1 cm³/mol. The summed E-state index contributed by atoms with van der Waals surface area (Å²) in [5, 5.41) is 0. The molecule has 1 aromatic rings. The molecule has 2 atom stereocenters.